The Morgan fingerprint density at radius 2 is 1.75 bits per heavy atom. The van der Waals surface area contributed by atoms with E-state index < -0.39 is 0 Å². The number of anilines is 1. The van der Waals surface area contributed by atoms with Crippen LogP contribution in [0, 0.1) is 0 Å². The van der Waals surface area contributed by atoms with Crippen LogP contribution in [0.15, 0.2) is 51.9 Å². The van der Waals surface area contributed by atoms with Gasteiger partial charge in [0.25, 0.3) is 0 Å². The van der Waals surface area contributed by atoms with Crippen LogP contribution >= 0.6 is 15.9 Å². The molecule has 0 heterocycles. The first-order valence-corrected chi connectivity index (χ1v) is 9.56. The Morgan fingerprint density at radius 1 is 1.04 bits per heavy atom. The molecule has 0 aliphatic carbocycles. The molecule has 0 fully saturated rings. The molecular weight excluding hydrogens is 424 g/mol. The van der Waals surface area contributed by atoms with Crippen LogP contribution in [0.2, 0.25) is 0 Å². The first-order chi connectivity index (χ1) is 13.5. The maximum absolute atomic E-state index is 12.0. The first kappa shape index (κ1) is 21.6. The van der Waals surface area contributed by atoms with E-state index in [0.29, 0.717) is 37.0 Å². The van der Waals surface area contributed by atoms with Crippen molar-refractivity contribution in [3.63, 3.8) is 0 Å². The summed E-state index contributed by atoms with van der Waals surface area (Å²) in [6.45, 7) is 1.03. The predicted octanol–water partition coefficient (Wildman–Crippen LogP) is 3.16. The van der Waals surface area contributed by atoms with E-state index in [1.165, 1.54) is 0 Å². The number of aliphatic imine (C=N–C) groups is 1. The number of nitrogens with one attached hydrogen (secondary N) is 3. The quantitative estimate of drug-likeness (QED) is 0.426. The Morgan fingerprint density at radius 3 is 2.39 bits per heavy atom. The van der Waals surface area contributed by atoms with Gasteiger partial charge in [-0.25, -0.2) is 0 Å². The summed E-state index contributed by atoms with van der Waals surface area (Å²) in [6, 6.07) is 13.2. The molecule has 0 saturated heterocycles. The number of halogens is 1. The lowest BCUT2D eigenvalue weighted by Gasteiger charge is -2.13. The van der Waals surface area contributed by atoms with Gasteiger partial charge in [0.2, 0.25) is 5.91 Å². The summed E-state index contributed by atoms with van der Waals surface area (Å²) in [6.07, 6.45) is 0.327. The van der Waals surface area contributed by atoms with Gasteiger partial charge in [0.05, 0.1) is 14.2 Å². The van der Waals surface area contributed by atoms with Gasteiger partial charge in [0.15, 0.2) is 17.5 Å². The van der Waals surface area contributed by atoms with Crippen LogP contribution in [0.5, 0.6) is 11.5 Å². The van der Waals surface area contributed by atoms with Crippen LogP contribution in [0.3, 0.4) is 0 Å². The fraction of sp³-hybridized carbons (Fsp3) is 0.300. The van der Waals surface area contributed by atoms with Crippen molar-refractivity contribution < 1.29 is 14.3 Å². The molecule has 8 heteroatoms. The number of carbonyl (C=O) groups excluding carboxylic acids is 1. The zero-order valence-corrected chi connectivity index (χ0v) is 17.8. The van der Waals surface area contributed by atoms with Crippen LogP contribution in [-0.4, -0.2) is 39.7 Å². The van der Waals surface area contributed by atoms with E-state index in [2.05, 4.69) is 36.9 Å². The molecule has 2 rings (SSSR count). The fourth-order valence-electron chi connectivity index (χ4n) is 2.45. The third kappa shape index (κ3) is 6.77. The Hall–Kier alpha value is -2.74. The molecule has 7 nitrogen and oxygen atoms in total. The van der Waals surface area contributed by atoms with Gasteiger partial charge in [-0.1, -0.05) is 22.0 Å². The lowest BCUT2D eigenvalue weighted by atomic mass is 10.2. The monoisotopic (exact) mass is 448 g/mol. The number of guanidine groups is 1. The fourth-order valence-corrected chi connectivity index (χ4v) is 2.71. The van der Waals surface area contributed by atoms with E-state index in [4.69, 9.17) is 9.47 Å². The van der Waals surface area contributed by atoms with Crippen molar-refractivity contribution in [3.05, 3.63) is 52.5 Å². The van der Waals surface area contributed by atoms with Gasteiger partial charge in [-0.3, -0.25) is 9.79 Å². The lowest BCUT2D eigenvalue weighted by molar-refractivity contribution is -0.116. The molecular formula is C20H25BrN4O3. The Bertz CT molecular complexity index is 810. The summed E-state index contributed by atoms with van der Waals surface area (Å²) in [4.78, 5) is 16.2. The van der Waals surface area contributed by atoms with Crippen molar-refractivity contribution in [3.8, 4) is 11.5 Å². The zero-order chi connectivity index (χ0) is 20.4. The third-order valence-corrected chi connectivity index (χ3v) is 4.43. The summed E-state index contributed by atoms with van der Waals surface area (Å²) >= 11 is 3.37. The number of carbonyl (C=O) groups is 1. The molecule has 28 heavy (non-hydrogen) atoms. The van der Waals surface area contributed by atoms with Crippen molar-refractivity contribution in [2.75, 3.05) is 33.1 Å². The van der Waals surface area contributed by atoms with Gasteiger partial charge in [-0.05, 0) is 42.0 Å². The summed E-state index contributed by atoms with van der Waals surface area (Å²) in [5, 5.41) is 9.20. The van der Waals surface area contributed by atoms with Crippen molar-refractivity contribution >= 4 is 33.5 Å². The minimum absolute atomic E-state index is 0.0647. The maximum Gasteiger partial charge on any atom is 0.226 e. The minimum Gasteiger partial charge on any atom is -0.493 e. The number of ether oxygens (including phenoxy) is 2. The third-order valence-electron chi connectivity index (χ3n) is 3.90. The Labute approximate surface area is 173 Å². The number of amides is 1. The van der Waals surface area contributed by atoms with Crippen molar-refractivity contribution in [2.24, 2.45) is 4.99 Å². The molecule has 0 unspecified atom stereocenters. The van der Waals surface area contributed by atoms with Crippen LogP contribution in [0.4, 0.5) is 5.69 Å². The van der Waals surface area contributed by atoms with Gasteiger partial charge < -0.3 is 25.4 Å². The molecule has 3 N–H and O–H groups in total. The molecule has 0 aromatic heterocycles. The lowest BCUT2D eigenvalue weighted by Crippen LogP contribution is -2.38. The maximum atomic E-state index is 12.0. The van der Waals surface area contributed by atoms with Crippen LogP contribution in [0.1, 0.15) is 12.0 Å². The average Bonchev–Trinajstić information content (AvgIpc) is 2.71. The molecule has 0 aliphatic rings. The minimum atomic E-state index is -0.0647. The number of rotatable bonds is 8. The Kier molecular flexibility index (Phi) is 8.61. The first-order valence-electron chi connectivity index (χ1n) is 8.76. The second-order valence-corrected chi connectivity index (χ2v) is 6.76. The normalized spacial score (nSPS) is 10.9. The summed E-state index contributed by atoms with van der Waals surface area (Å²) in [7, 11) is 4.90. The van der Waals surface area contributed by atoms with Crippen LogP contribution in [-0.2, 0) is 11.3 Å². The number of hydrogen-bond donors (Lipinski definition) is 3. The van der Waals surface area contributed by atoms with E-state index in [1.54, 1.807) is 21.3 Å². The number of methoxy groups -OCH3 is 2. The van der Waals surface area contributed by atoms with E-state index in [0.717, 1.165) is 15.7 Å². The molecule has 0 spiro atoms. The molecule has 0 radical (unpaired) electrons. The number of nitrogens with zero attached hydrogens (tertiary/aromatic N) is 1. The molecule has 150 valence electrons. The molecule has 2 aromatic carbocycles. The molecule has 2 aromatic rings. The number of benzene rings is 2. The average molecular weight is 449 g/mol. The van der Waals surface area contributed by atoms with Gasteiger partial charge >= 0.3 is 0 Å². The van der Waals surface area contributed by atoms with E-state index in [1.807, 2.05) is 42.5 Å². The van der Waals surface area contributed by atoms with Gasteiger partial charge in [-0.15, -0.1) is 0 Å². The largest absolute Gasteiger partial charge is 0.493 e. The standard InChI is InChI=1S/C20H25BrN4O3/c1-22-20(24-13-14-4-9-17(27-2)18(12-14)28-3)23-11-10-19(26)25-16-7-5-15(21)6-8-16/h4-9,12H,10-11,13H2,1-3H3,(H,25,26)(H2,22,23,24). The van der Waals surface area contributed by atoms with Crippen molar-refractivity contribution in [2.45, 2.75) is 13.0 Å². The molecule has 0 atom stereocenters. The smallest absolute Gasteiger partial charge is 0.226 e. The second-order valence-electron chi connectivity index (χ2n) is 5.85. The van der Waals surface area contributed by atoms with Crippen molar-refractivity contribution in [1.82, 2.24) is 10.6 Å². The van der Waals surface area contributed by atoms with Crippen LogP contribution < -0.4 is 25.4 Å². The highest BCUT2D eigenvalue weighted by Gasteiger charge is 2.06. The van der Waals surface area contributed by atoms with Gasteiger partial charge in [0.1, 0.15) is 0 Å². The van der Waals surface area contributed by atoms with Gasteiger partial charge in [-0.2, -0.15) is 0 Å². The van der Waals surface area contributed by atoms with E-state index in [9.17, 15) is 4.79 Å². The van der Waals surface area contributed by atoms with E-state index in [-0.39, 0.29) is 5.91 Å². The highest BCUT2D eigenvalue weighted by molar-refractivity contribution is 9.10. The molecule has 1 amide bonds. The summed E-state index contributed by atoms with van der Waals surface area (Å²) < 4.78 is 11.5. The highest BCUT2D eigenvalue weighted by Crippen LogP contribution is 2.27. The molecule has 0 aliphatic heterocycles. The van der Waals surface area contributed by atoms with Crippen LogP contribution in [0.25, 0.3) is 0 Å². The summed E-state index contributed by atoms with van der Waals surface area (Å²) in [5.74, 6) is 1.91. The second kappa shape index (κ2) is 11.2. The topological polar surface area (TPSA) is 84.0 Å². The SMILES string of the molecule is CN=C(NCCC(=O)Nc1ccc(Br)cc1)NCc1ccc(OC)c(OC)c1. The predicted molar refractivity (Wildman–Crippen MR) is 115 cm³/mol. The Balaban J connectivity index is 1.76. The number of hydrogen-bond acceptors (Lipinski definition) is 4. The van der Waals surface area contributed by atoms with Crippen molar-refractivity contribution in [1.29, 1.82) is 0 Å². The zero-order valence-electron chi connectivity index (χ0n) is 16.2. The molecule has 0 bridgehead atoms. The van der Waals surface area contributed by atoms with E-state index >= 15 is 0 Å². The van der Waals surface area contributed by atoms with Gasteiger partial charge in [0, 0.05) is 36.7 Å². The molecule has 0 saturated carbocycles. The highest BCUT2D eigenvalue weighted by atomic mass is 79.9. The summed E-state index contributed by atoms with van der Waals surface area (Å²) in [5.41, 5.74) is 1.79.